The molecule has 10 heteroatoms. The molecule has 2 aliphatic rings. The summed E-state index contributed by atoms with van der Waals surface area (Å²) >= 11 is 0. The molecule has 2 unspecified atom stereocenters. The number of nitrogens with two attached hydrogens (primary N) is 1. The number of anilines is 1. The van der Waals surface area contributed by atoms with Gasteiger partial charge in [0.05, 0.1) is 16.9 Å². The summed E-state index contributed by atoms with van der Waals surface area (Å²) in [6.07, 6.45) is 2.74. The van der Waals surface area contributed by atoms with Gasteiger partial charge in [-0.3, -0.25) is 14.5 Å². The van der Waals surface area contributed by atoms with Crippen LogP contribution in [0.15, 0.2) is 53.4 Å². The fourth-order valence-electron chi connectivity index (χ4n) is 4.70. The van der Waals surface area contributed by atoms with Crippen LogP contribution in [0.5, 0.6) is 0 Å². The first-order valence-corrected chi connectivity index (χ1v) is 12.9. The lowest BCUT2D eigenvalue weighted by atomic mass is 9.98. The number of nitrogens with zero attached hydrogens (tertiary/aromatic N) is 2. The first-order chi connectivity index (χ1) is 16.3. The molecule has 2 atom stereocenters. The van der Waals surface area contributed by atoms with Crippen molar-refractivity contribution >= 4 is 27.5 Å². The first-order valence-electron chi connectivity index (χ1n) is 11.4. The third kappa shape index (κ3) is 5.29. The molecule has 8 nitrogen and oxygen atoms in total. The van der Waals surface area contributed by atoms with E-state index in [1.807, 2.05) is 23.1 Å². The second kappa shape index (κ2) is 10.2. The third-order valence-corrected chi connectivity index (χ3v) is 8.43. The predicted molar refractivity (Wildman–Crippen MR) is 126 cm³/mol. The van der Waals surface area contributed by atoms with Crippen LogP contribution in [-0.4, -0.2) is 55.1 Å². The van der Waals surface area contributed by atoms with E-state index >= 15 is 0 Å². The van der Waals surface area contributed by atoms with E-state index in [1.54, 1.807) is 6.07 Å². The number of carbonyl (C=O) groups excluding carboxylic acids is 2. The van der Waals surface area contributed by atoms with E-state index in [9.17, 15) is 22.4 Å². The Morgan fingerprint density at radius 1 is 1.03 bits per heavy atom. The number of amides is 2. The molecule has 0 radical (unpaired) electrons. The second-order valence-electron chi connectivity index (χ2n) is 8.83. The van der Waals surface area contributed by atoms with Crippen molar-refractivity contribution in [3.63, 3.8) is 0 Å². The highest BCUT2D eigenvalue weighted by Gasteiger charge is 2.34. The van der Waals surface area contributed by atoms with E-state index in [2.05, 4.69) is 5.32 Å². The van der Waals surface area contributed by atoms with Gasteiger partial charge in [-0.05, 0) is 68.1 Å². The molecule has 2 amide bonds. The van der Waals surface area contributed by atoms with Crippen LogP contribution < -0.4 is 11.1 Å². The van der Waals surface area contributed by atoms with E-state index in [0.29, 0.717) is 31.6 Å². The molecule has 2 saturated heterocycles. The predicted octanol–water partition coefficient (Wildman–Crippen LogP) is 2.31. The molecule has 2 aromatic rings. The Hall–Kier alpha value is -2.82. The molecule has 0 bridgehead atoms. The van der Waals surface area contributed by atoms with Crippen LogP contribution in [-0.2, 0) is 26.2 Å². The third-order valence-electron chi connectivity index (χ3n) is 6.55. The highest BCUT2D eigenvalue weighted by Crippen LogP contribution is 2.27. The van der Waals surface area contributed by atoms with Gasteiger partial charge in [-0.25, -0.2) is 12.8 Å². The quantitative estimate of drug-likeness (QED) is 0.621. The van der Waals surface area contributed by atoms with Crippen LogP contribution in [0, 0.1) is 11.7 Å². The normalized spacial score (nSPS) is 21.9. The topological polar surface area (TPSA) is 113 Å². The van der Waals surface area contributed by atoms with Crippen molar-refractivity contribution < 1.29 is 22.4 Å². The molecule has 0 aliphatic carbocycles. The van der Waals surface area contributed by atoms with E-state index in [1.165, 1.54) is 16.4 Å². The molecule has 4 rings (SSSR count). The molecule has 0 saturated carbocycles. The minimum atomic E-state index is -3.82. The van der Waals surface area contributed by atoms with Gasteiger partial charge >= 0.3 is 0 Å². The maximum absolute atomic E-state index is 13.2. The van der Waals surface area contributed by atoms with Gasteiger partial charge in [0.15, 0.2) is 0 Å². The van der Waals surface area contributed by atoms with Crippen LogP contribution in [0.2, 0.25) is 0 Å². The average Bonchev–Trinajstić information content (AvgIpc) is 3.29. The van der Waals surface area contributed by atoms with Crippen LogP contribution in [0.3, 0.4) is 0 Å². The van der Waals surface area contributed by atoms with Crippen LogP contribution in [0.25, 0.3) is 0 Å². The minimum Gasteiger partial charge on any atom is -0.368 e. The summed E-state index contributed by atoms with van der Waals surface area (Å²) in [5, 5.41) is 2.96. The van der Waals surface area contributed by atoms with Gasteiger partial charge in [0, 0.05) is 25.3 Å². The standard InChI is InChI=1S/C24H29FN4O4S/c25-19-9-11-20(12-10-19)34(32,33)29-14-3-6-18(16-29)24(31)27-21-7-2-1-5-17(21)15-28-13-4-8-22(28)23(26)30/h1-2,5,7,9-12,18,22H,3-4,6,8,13-16H2,(H2,26,30)(H,27,31). The Morgan fingerprint density at radius 3 is 2.47 bits per heavy atom. The number of nitrogens with one attached hydrogen (secondary N) is 1. The number of sulfonamides is 1. The maximum atomic E-state index is 13.2. The van der Waals surface area contributed by atoms with Crippen LogP contribution >= 0.6 is 0 Å². The number of halogens is 1. The average molecular weight is 489 g/mol. The summed E-state index contributed by atoms with van der Waals surface area (Å²) in [7, 11) is -3.82. The highest BCUT2D eigenvalue weighted by molar-refractivity contribution is 7.89. The van der Waals surface area contributed by atoms with Crippen LogP contribution in [0.4, 0.5) is 10.1 Å². The molecule has 2 heterocycles. The van der Waals surface area contributed by atoms with Crippen molar-refractivity contribution in [2.24, 2.45) is 11.7 Å². The zero-order valence-corrected chi connectivity index (χ0v) is 19.6. The summed E-state index contributed by atoms with van der Waals surface area (Å²) in [5.41, 5.74) is 7.04. The Kier molecular flexibility index (Phi) is 7.30. The minimum absolute atomic E-state index is 0.00919. The largest absolute Gasteiger partial charge is 0.368 e. The maximum Gasteiger partial charge on any atom is 0.243 e. The molecule has 2 aliphatic heterocycles. The summed E-state index contributed by atoms with van der Waals surface area (Å²) in [5.74, 6) is -1.62. The van der Waals surface area contributed by atoms with Gasteiger partial charge in [-0.2, -0.15) is 4.31 Å². The van der Waals surface area contributed by atoms with Crippen molar-refractivity contribution in [3.05, 3.63) is 59.9 Å². The van der Waals surface area contributed by atoms with E-state index in [4.69, 9.17) is 5.73 Å². The Morgan fingerprint density at radius 2 is 1.74 bits per heavy atom. The zero-order chi connectivity index (χ0) is 24.3. The molecular formula is C24H29FN4O4S. The molecular weight excluding hydrogens is 459 g/mol. The summed E-state index contributed by atoms with van der Waals surface area (Å²) in [4.78, 5) is 26.9. The Labute approximate surface area is 199 Å². The van der Waals surface area contributed by atoms with Gasteiger partial charge < -0.3 is 11.1 Å². The van der Waals surface area contributed by atoms with Gasteiger partial charge in [0.1, 0.15) is 5.82 Å². The molecule has 2 fully saturated rings. The Bertz CT molecular complexity index is 1160. The van der Waals surface area contributed by atoms with Gasteiger partial charge in [0.2, 0.25) is 21.8 Å². The number of primary amides is 1. The number of hydrogen-bond acceptors (Lipinski definition) is 5. The molecule has 34 heavy (non-hydrogen) atoms. The first kappa shape index (κ1) is 24.3. The number of rotatable bonds is 7. The summed E-state index contributed by atoms with van der Waals surface area (Å²) in [6.45, 7) is 1.61. The highest BCUT2D eigenvalue weighted by atomic mass is 32.2. The van der Waals surface area contributed by atoms with Gasteiger partial charge in [0.25, 0.3) is 0 Å². The SMILES string of the molecule is NC(=O)C1CCCN1Cc1ccccc1NC(=O)C1CCCN(S(=O)(=O)c2ccc(F)cc2)C1. The fourth-order valence-corrected chi connectivity index (χ4v) is 6.23. The molecule has 2 aromatic carbocycles. The van der Waals surface area contributed by atoms with Crippen molar-refractivity contribution in [2.45, 2.75) is 43.2 Å². The van der Waals surface area contributed by atoms with Crippen molar-refractivity contribution in [3.8, 4) is 0 Å². The number of hydrogen-bond donors (Lipinski definition) is 2. The van der Waals surface area contributed by atoms with Crippen molar-refractivity contribution in [2.75, 3.05) is 25.0 Å². The lowest BCUT2D eigenvalue weighted by Crippen LogP contribution is -2.43. The number of carbonyl (C=O) groups is 2. The Balaban J connectivity index is 1.45. The summed E-state index contributed by atoms with van der Waals surface area (Å²) in [6, 6.07) is 11.8. The summed E-state index contributed by atoms with van der Waals surface area (Å²) < 4.78 is 40.5. The molecule has 182 valence electrons. The van der Waals surface area contributed by atoms with Crippen molar-refractivity contribution in [1.82, 2.24) is 9.21 Å². The molecule has 0 spiro atoms. The monoisotopic (exact) mass is 488 g/mol. The fraction of sp³-hybridized carbons (Fsp3) is 0.417. The second-order valence-corrected chi connectivity index (χ2v) is 10.8. The molecule has 3 N–H and O–H groups in total. The smallest absolute Gasteiger partial charge is 0.243 e. The van der Waals surface area contributed by atoms with Gasteiger partial charge in [-0.15, -0.1) is 0 Å². The zero-order valence-electron chi connectivity index (χ0n) is 18.8. The number of benzene rings is 2. The number of piperidine rings is 1. The number of para-hydroxylation sites is 1. The molecule has 0 aromatic heterocycles. The lowest BCUT2D eigenvalue weighted by molar-refractivity contribution is -0.122. The van der Waals surface area contributed by atoms with Crippen molar-refractivity contribution in [1.29, 1.82) is 0 Å². The number of likely N-dealkylation sites (tertiary alicyclic amines) is 1. The van der Waals surface area contributed by atoms with E-state index in [0.717, 1.165) is 37.1 Å². The van der Waals surface area contributed by atoms with E-state index < -0.39 is 21.8 Å². The van der Waals surface area contributed by atoms with Gasteiger partial charge in [-0.1, -0.05) is 18.2 Å². The lowest BCUT2D eigenvalue weighted by Gasteiger charge is -2.31. The van der Waals surface area contributed by atoms with Crippen LogP contribution in [0.1, 0.15) is 31.2 Å². The van der Waals surface area contributed by atoms with E-state index in [-0.39, 0.29) is 29.3 Å².